The number of carbonyl (C=O) groups excluding carboxylic acids is 1. The first-order valence-corrected chi connectivity index (χ1v) is 7.97. The van der Waals surface area contributed by atoms with Crippen LogP contribution in [0.15, 0.2) is 54.6 Å². The van der Waals surface area contributed by atoms with Gasteiger partial charge in [0.05, 0.1) is 0 Å². The van der Waals surface area contributed by atoms with E-state index in [0.717, 1.165) is 37.5 Å². The van der Waals surface area contributed by atoms with Crippen LogP contribution in [-0.2, 0) is 4.79 Å². The molecule has 2 aromatic rings. The highest BCUT2D eigenvalue weighted by Crippen LogP contribution is 2.22. The lowest BCUT2D eigenvalue weighted by atomic mass is 10.1. The molecule has 1 aliphatic rings. The molecule has 1 saturated heterocycles. The zero-order valence-electron chi connectivity index (χ0n) is 13.4. The Kier molecular flexibility index (Phi) is 4.93. The summed E-state index contributed by atoms with van der Waals surface area (Å²) in [5, 5.41) is 0. The Morgan fingerprint density at radius 1 is 0.913 bits per heavy atom. The van der Waals surface area contributed by atoms with Crippen LogP contribution < -0.4 is 4.74 Å². The van der Waals surface area contributed by atoms with Crippen molar-refractivity contribution in [1.29, 1.82) is 0 Å². The van der Waals surface area contributed by atoms with Gasteiger partial charge in [-0.25, -0.2) is 0 Å². The zero-order chi connectivity index (χ0) is 16.1. The van der Waals surface area contributed by atoms with E-state index in [0.29, 0.717) is 0 Å². The summed E-state index contributed by atoms with van der Waals surface area (Å²) in [4.78, 5) is 16.3. The summed E-state index contributed by atoms with van der Waals surface area (Å²) in [5.41, 5.74) is 2.32. The van der Waals surface area contributed by atoms with Crippen LogP contribution in [-0.4, -0.2) is 55.5 Å². The minimum absolute atomic E-state index is 0.0604. The smallest absolute Gasteiger partial charge is 0.260 e. The van der Waals surface area contributed by atoms with E-state index < -0.39 is 0 Å². The Labute approximate surface area is 137 Å². The number of amides is 1. The first-order valence-electron chi connectivity index (χ1n) is 7.97. The summed E-state index contributed by atoms with van der Waals surface area (Å²) in [7, 11) is 2.08. The number of hydrogen-bond acceptors (Lipinski definition) is 3. The molecule has 0 spiro atoms. The SMILES string of the molecule is CN1CCN(C(=O)COc2ccc(-c3ccccc3)cc2)CC1. The largest absolute Gasteiger partial charge is 0.484 e. The normalized spacial score (nSPS) is 15.4. The molecular formula is C19H22N2O2. The second-order valence-electron chi connectivity index (χ2n) is 5.86. The molecule has 0 N–H and O–H groups in total. The van der Waals surface area contributed by atoms with Crippen LogP contribution in [0.3, 0.4) is 0 Å². The third kappa shape index (κ3) is 4.11. The summed E-state index contributed by atoms with van der Waals surface area (Å²) in [6.45, 7) is 3.53. The predicted octanol–water partition coefficient (Wildman–Crippen LogP) is 2.51. The van der Waals surface area contributed by atoms with Crippen molar-refractivity contribution in [2.45, 2.75) is 0 Å². The van der Waals surface area contributed by atoms with Crippen LogP contribution >= 0.6 is 0 Å². The molecule has 0 aromatic heterocycles. The van der Waals surface area contributed by atoms with E-state index in [-0.39, 0.29) is 12.5 Å². The van der Waals surface area contributed by atoms with Crippen molar-refractivity contribution >= 4 is 5.91 Å². The molecule has 0 atom stereocenters. The van der Waals surface area contributed by atoms with Gasteiger partial charge in [-0.1, -0.05) is 42.5 Å². The molecule has 1 amide bonds. The molecule has 23 heavy (non-hydrogen) atoms. The highest BCUT2D eigenvalue weighted by atomic mass is 16.5. The van der Waals surface area contributed by atoms with Gasteiger partial charge in [-0.3, -0.25) is 4.79 Å². The van der Waals surface area contributed by atoms with E-state index in [1.807, 2.05) is 47.4 Å². The van der Waals surface area contributed by atoms with Crippen LogP contribution in [0.5, 0.6) is 5.75 Å². The molecule has 0 saturated carbocycles. The maximum atomic E-state index is 12.1. The van der Waals surface area contributed by atoms with Gasteiger partial charge in [-0.15, -0.1) is 0 Å². The fourth-order valence-electron chi connectivity index (χ4n) is 2.67. The zero-order valence-corrected chi connectivity index (χ0v) is 13.4. The van der Waals surface area contributed by atoms with E-state index in [2.05, 4.69) is 24.1 Å². The van der Waals surface area contributed by atoms with Gasteiger partial charge >= 0.3 is 0 Å². The second kappa shape index (κ2) is 7.29. The third-order valence-corrected chi connectivity index (χ3v) is 4.18. The average Bonchev–Trinajstić information content (AvgIpc) is 2.61. The Morgan fingerprint density at radius 3 is 2.17 bits per heavy atom. The lowest BCUT2D eigenvalue weighted by Crippen LogP contribution is -2.48. The van der Waals surface area contributed by atoms with Crippen molar-refractivity contribution in [3.05, 3.63) is 54.6 Å². The number of ether oxygens (including phenoxy) is 1. The number of benzene rings is 2. The highest BCUT2D eigenvalue weighted by molar-refractivity contribution is 5.78. The topological polar surface area (TPSA) is 32.8 Å². The third-order valence-electron chi connectivity index (χ3n) is 4.18. The number of rotatable bonds is 4. The second-order valence-corrected chi connectivity index (χ2v) is 5.86. The van der Waals surface area contributed by atoms with E-state index >= 15 is 0 Å². The van der Waals surface area contributed by atoms with Gasteiger partial charge in [0, 0.05) is 26.2 Å². The van der Waals surface area contributed by atoms with E-state index in [9.17, 15) is 4.79 Å². The molecule has 120 valence electrons. The van der Waals surface area contributed by atoms with Gasteiger partial charge in [0.1, 0.15) is 5.75 Å². The van der Waals surface area contributed by atoms with Crippen LogP contribution in [0.4, 0.5) is 0 Å². The molecule has 3 rings (SSSR count). The molecule has 1 heterocycles. The van der Waals surface area contributed by atoms with Crippen molar-refractivity contribution in [3.63, 3.8) is 0 Å². The van der Waals surface area contributed by atoms with Crippen molar-refractivity contribution in [2.24, 2.45) is 0 Å². The average molecular weight is 310 g/mol. The molecule has 4 heteroatoms. The standard InChI is InChI=1S/C19H22N2O2/c1-20-11-13-21(14-12-20)19(22)15-23-18-9-7-17(8-10-18)16-5-3-2-4-6-16/h2-10H,11-15H2,1H3. The van der Waals surface area contributed by atoms with Gasteiger partial charge < -0.3 is 14.5 Å². The minimum atomic E-state index is 0.0604. The number of nitrogens with zero attached hydrogens (tertiary/aromatic N) is 2. The van der Waals surface area contributed by atoms with Crippen LogP contribution in [0.2, 0.25) is 0 Å². The fraction of sp³-hybridized carbons (Fsp3) is 0.316. The van der Waals surface area contributed by atoms with Crippen LogP contribution in [0, 0.1) is 0 Å². The Hall–Kier alpha value is -2.33. The maximum absolute atomic E-state index is 12.1. The molecule has 0 aliphatic carbocycles. The van der Waals surface area contributed by atoms with Crippen molar-refractivity contribution < 1.29 is 9.53 Å². The predicted molar refractivity (Wildman–Crippen MR) is 91.5 cm³/mol. The number of piperazine rings is 1. The number of likely N-dealkylation sites (N-methyl/N-ethyl adjacent to an activating group) is 1. The Bertz CT molecular complexity index is 632. The summed E-state index contributed by atoms with van der Waals surface area (Å²) >= 11 is 0. The number of hydrogen-bond donors (Lipinski definition) is 0. The lowest BCUT2D eigenvalue weighted by Gasteiger charge is -2.32. The summed E-state index contributed by atoms with van der Waals surface area (Å²) in [6, 6.07) is 18.1. The molecule has 2 aromatic carbocycles. The summed E-state index contributed by atoms with van der Waals surface area (Å²) < 4.78 is 5.63. The molecule has 1 fully saturated rings. The van der Waals surface area contributed by atoms with Gasteiger partial charge in [0.15, 0.2) is 6.61 Å². The molecule has 1 aliphatic heterocycles. The number of carbonyl (C=O) groups is 1. The molecule has 0 radical (unpaired) electrons. The Morgan fingerprint density at radius 2 is 1.52 bits per heavy atom. The van der Waals surface area contributed by atoms with Gasteiger partial charge in [-0.05, 0) is 30.3 Å². The first-order chi connectivity index (χ1) is 11.2. The van der Waals surface area contributed by atoms with E-state index in [1.54, 1.807) is 0 Å². The van der Waals surface area contributed by atoms with Gasteiger partial charge in [-0.2, -0.15) is 0 Å². The van der Waals surface area contributed by atoms with Crippen LogP contribution in [0.25, 0.3) is 11.1 Å². The van der Waals surface area contributed by atoms with Gasteiger partial charge in [0.2, 0.25) is 0 Å². The summed E-state index contributed by atoms with van der Waals surface area (Å²) in [6.07, 6.45) is 0. The summed E-state index contributed by atoms with van der Waals surface area (Å²) in [5.74, 6) is 0.789. The first kappa shape index (κ1) is 15.6. The molecule has 4 nitrogen and oxygen atoms in total. The monoisotopic (exact) mass is 310 g/mol. The Balaban J connectivity index is 1.53. The van der Waals surface area contributed by atoms with Gasteiger partial charge in [0.25, 0.3) is 5.91 Å². The van der Waals surface area contributed by atoms with Crippen LogP contribution in [0.1, 0.15) is 0 Å². The quantitative estimate of drug-likeness (QED) is 0.870. The van der Waals surface area contributed by atoms with Crippen molar-refractivity contribution in [1.82, 2.24) is 9.80 Å². The highest BCUT2D eigenvalue weighted by Gasteiger charge is 2.19. The van der Waals surface area contributed by atoms with Crippen molar-refractivity contribution in [2.75, 3.05) is 39.8 Å². The molecule has 0 unspecified atom stereocenters. The fourth-order valence-corrected chi connectivity index (χ4v) is 2.67. The molecule has 0 bridgehead atoms. The van der Waals surface area contributed by atoms with Crippen molar-refractivity contribution in [3.8, 4) is 16.9 Å². The van der Waals surface area contributed by atoms with E-state index in [1.165, 1.54) is 5.56 Å². The van der Waals surface area contributed by atoms with E-state index in [4.69, 9.17) is 4.74 Å². The lowest BCUT2D eigenvalue weighted by molar-refractivity contribution is -0.134. The minimum Gasteiger partial charge on any atom is -0.484 e. The molecular weight excluding hydrogens is 288 g/mol. The maximum Gasteiger partial charge on any atom is 0.260 e.